The number of pyridine rings is 1. The number of hydrogen-bond donors (Lipinski definition) is 1. The Morgan fingerprint density at radius 2 is 2.09 bits per heavy atom. The quantitative estimate of drug-likeness (QED) is 0.826. The summed E-state index contributed by atoms with van der Waals surface area (Å²) in [7, 11) is 0. The van der Waals surface area contributed by atoms with Crippen LogP contribution in [0.25, 0.3) is 0 Å². The smallest absolute Gasteiger partial charge is 0.262 e. The molecule has 0 radical (unpaired) electrons. The summed E-state index contributed by atoms with van der Waals surface area (Å²) in [5, 5.41) is 0. The molecule has 0 spiro atoms. The second-order valence-corrected chi connectivity index (χ2v) is 6.70. The summed E-state index contributed by atoms with van der Waals surface area (Å²) < 4.78 is 13.8. The highest BCUT2D eigenvalue weighted by atomic mass is 79.9. The Labute approximate surface area is 141 Å². The minimum Gasteiger partial charge on any atom is -0.329 e. The van der Waals surface area contributed by atoms with Crippen LogP contribution in [0.5, 0.6) is 0 Å². The van der Waals surface area contributed by atoms with Gasteiger partial charge in [-0.25, -0.2) is 4.39 Å². The summed E-state index contributed by atoms with van der Waals surface area (Å²) >= 11 is 3.15. The fourth-order valence-corrected chi connectivity index (χ4v) is 3.57. The molecule has 1 N–H and O–H groups in total. The number of rotatable bonds is 1. The minimum absolute atomic E-state index is 0.0579. The number of H-pyrrole nitrogens is 1. The van der Waals surface area contributed by atoms with Crippen molar-refractivity contribution >= 4 is 21.8 Å². The summed E-state index contributed by atoms with van der Waals surface area (Å²) in [5.74, 6) is -0.413. The van der Waals surface area contributed by atoms with Gasteiger partial charge in [0.15, 0.2) is 0 Å². The number of nitrogens with one attached hydrogen (secondary N) is 1. The van der Waals surface area contributed by atoms with Gasteiger partial charge in [0.2, 0.25) is 0 Å². The number of amides is 1. The maximum Gasteiger partial charge on any atom is 0.262 e. The van der Waals surface area contributed by atoms with Crippen molar-refractivity contribution in [3.8, 4) is 0 Å². The SMILES string of the molecule is C[C@@H]1c2ccc(F)cc2C[C@H](C)N1C(=O)c1c[nH]c(=O)c(Br)c1. The van der Waals surface area contributed by atoms with E-state index in [1.165, 1.54) is 18.3 Å². The first kappa shape index (κ1) is 15.9. The normalized spacial score (nSPS) is 20.3. The van der Waals surface area contributed by atoms with E-state index in [4.69, 9.17) is 0 Å². The van der Waals surface area contributed by atoms with Crippen LogP contribution in [0.3, 0.4) is 0 Å². The number of carbonyl (C=O) groups excluding carboxylic acids is 1. The molecule has 6 heteroatoms. The molecule has 23 heavy (non-hydrogen) atoms. The fourth-order valence-electron chi connectivity index (χ4n) is 3.21. The number of fused-ring (bicyclic) bond motifs is 1. The highest BCUT2D eigenvalue weighted by Crippen LogP contribution is 2.34. The first-order valence-corrected chi connectivity index (χ1v) is 8.17. The molecule has 1 aromatic heterocycles. The van der Waals surface area contributed by atoms with Crippen LogP contribution in [0.2, 0.25) is 0 Å². The van der Waals surface area contributed by atoms with Gasteiger partial charge in [-0.2, -0.15) is 0 Å². The van der Waals surface area contributed by atoms with Crippen LogP contribution < -0.4 is 5.56 Å². The molecule has 120 valence electrons. The average Bonchev–Trinajstić information content (AvgIpc) is 2.49. The standard InChI is InChI=1S/C17H16BrFN2O2/c1-9-5-11-6-13(19)3-4-14(11)10(2)21(9)17(23)12-7-15(18)16(22)20-8-12/h3-4,6-10H,5H2,1-2H3,(H,20,22)/t9-,10+/m0/s1. The van der Waals surface area contributed by atoms with E-state index in [1.54, 1.807) is 17.0 Å². The van der Waals surface area contributed by atoms with Crippen molar-refractivity contribution in [3.63, 3.8) is 0 Å². The highest BCUT2D eigenvalue weighted by molar-refractivity contribution is 9.10. The van der Waals surface area contributed by atoms with Gasteiger partial charge in [0.05, 0.1) is 16.1 Å². The van der Waals surface area contributed by atoms with Crippen LogP contribution in [0.4, 0.5) is 4.39 Å². The molecule has 1 amide bonds. The Bertz CT molecular complexity index is 834. The fraction of sp³-hybridized carbons (Fsp3) is 0.294. The van der Waals surface area contributed by atoms with Crippen LogP contribution in [-0.2, 0) is 6.42 Å². The third kappa shape index (κ3) is 2.83. The van der Waals surface area contributed by atoms with E-state index < -0.39 is 0 Å². The van der Waals surface area contributed by atoms with E-state index in [9.17, 15) is 14.0 Å². The zero-order valence-electron chi connectivity index (χ0n) is 12.8. The monoisotopic (exact) mass is 378 g/mol. The Morgan fingerprint density at radius 1 is 1.35 bits per heavy atom. The molecule has 2 heterocycles. The topological polar surface area (TPSA) is 53.2 Å². The number of hydrogen-bond acceptors (Lipinski definition) is 2. The minimum atomic E-state index is -0.276. The lowest BCUT2D eigenvalue weighted by atomic mass is 9.89. The second-order valence-electron chi connectivity index (χ2n) is 5.85. The van der Waals surface area contributed by atoms with Crippen molar-refractivity contribution in [1.82, 2.24) is 9.88 Å². The molecular weight excluding hydrogens is 363 g/mol. The maximum absolute atomic E-state index is 13.4. The summed E-state index contributed by atoms with van der Waals surface area (Å²) in [6.07, 6.45) is 2.03. The van der Waals surface area contributed by atoms with E-state index >= 15 is 0 Å². The maximum atomic E-state index is 13.4. The molecule has 2 aromatic rings. The van der Waals surface area contributed by atoms with Crippen LogP contribution in [-0.4, -0.2) is 21.8 Å². The van der Waals surface area contributed by atoms with Crippen LogP contribution in [0, 0.1) is 5.82 Å². The van der Waals surface area contributed by atoms with Crippen molar-refractivity contribution in [1.29, 1.82) is 0 Å². The van der Waals surface area contributed by atoms with Crippen LogP contribution >= 0.6 is 15.9 Å². The molecule has 1 aromatic carbocycles. The van der Waals surface area contributed by atoms with Gasteiger partial charge in [-0.15, -0.1) is 0 Å². The van der Waals surface area contributed by atoms with E-state index in [2.05, 4.69) is 20.9 Å². The van der Waals surface area contributed by atoms with Crippen molar-refractivity contribution in [2.45, 2.75) is 32.4 Å². The van der Waals surface area contributed by atoms with Crippen molar-refractivity contribution in [2.75, 3.05) is 0 Å². The molecule has 0 saturated heterocycles. The largest absolute Gasteiger partial charge is 0.329 e. The Kier molecular flexibility index (Phi) is 4.10. The molecule has 4 nitrogen and oxygen atoms in total. The molecule has 3 rings (SSSR count). The Morgan fingerprint density at radius 3 is 2.78 bits per heavy atom. The van der Waals surface area contributed by atoms with E-state index in [0.29, 0.717) is 16.5 Å². The van der Waals surface area contributed by atoms with Crippen LogP contribution in [0.1, 0.15) is 41.4 Å². The molecule has 1 aliphatic rings. The zero-order chi connectivity index (χ0) is 16.7. The lowest BCUT2D eigenvalue weighted by Crippen LogP contribution is -2.45. The Hall–Kier alpha value is -1.95. The Balaban J connectivity index is 1.99. The predicted octanol–water partition coefficient (Wildman–Crippen LogP) is 3.42. The van der Waals surface area contributed by atoms with E-state index in [0.717, 1.165) is 11.1 Å². The summed E-state index contributed by atoms with van der Waals surface area (Å²) in [6, 6.07) is 6.01. The predicted molar refractivity (Wildman–Crippen MR) is 88.9 cm³/mol. The molecule has 0 saturated carbocycles. The van der Waals surface area contributed by atoms with E-state index in [-0.39, 0.29) is 29.4 Å². The number of aromatic amines is 1. The third-order valence-electron chi connectivity index (χ3n) is 4.30. The lowest BCUT2D eigenvalue weighted by molar-refractivity contribution is 0.0580. The number of aromatic nitrogens is 1. The van der Waals surface area contributed by atoms with Gasteiger partial charge in [-0.1, -0.05) is 6.07 Å². The first-order valence-electron chi connectivity index (χ1n) is 7.37. The molecule has 1 aliphatic heterocycles. The first-order chi connectivity index (χ1) is 10.9. The second kappa shape index (κ2) is 5.92. The molecule has 0 bridgehead atoms. The van der Waals surface area contributed by atoms with Gasteiger partial charge in [0.1, 0.15) is 5.82 Å². The van der Waals surface area contributed by atoms with Crippen molar-refractivity contribution in [3.05, 3.63) is 67.8 Å². The molecule has 0 fully saturated rings. The van der Waals surface area contributed by atoms with Gasteiger partial charge in [-0.05, 0) is 65.5 Å². The number of nitrogens with zero attached hydrogens (tertiary/aromatic N) is 1. The summed E-state index contributed by atoms with van der Waals surface area (Å²) in [5.41, 5.74) is 2.04. The van der Waals surface area contributed by atoms with Crippen molar-refractivity contribution < 1.29 is 9.18 Å². The third-order valence-corrected chi connectivity index (χ3v) is 4.89. The van der Waals surface area contributed by atoms with Gasteiger partial charge in [0.25, 0.3) is 11.5 Å². The number of carbonyl (C=O) groups is 1. The van der Waals surface area contributed by atoms with E-state index in [1.807, 2.05) is 13.8 Å². The molecule has 2 atom stereocenters. The average molecular weight is 379 g/mol. The van der Waals surface area contributed by atoms with Gasteiger partial charge in [0, 0.05) is 12.2 Å². The molecular formula is C17H16BrFN2O2. The van der Waals surface area contributed by atoms with Crippen molar-refractivity contribution in [2.24, 2.45) is 0 Å². The van der Waals surface area contributed by atoms with Gasteiger partial charge < -0.3 is 9.88 Å². The van der Waals surface area contributed by atoms with Gasteiger partial charge in [-0.3, -0.25) is 9.59 Å². The highest BCUT2D eigenvalue weighted by Gasteiger charge is 2.33. The number of benzene rings is 1. The lowest BCUT2D eigenvalue weighted by Gasteiger charge is -2.40. The molecule has 0 unspecified atom stereocenters. The zero-order valence-corrected chi connectivity index (χ0v) is 14.4. The summed E-state index contributed by atoms with van der Waals surface area (Å²) in [6.45, 7) is 3.88. The number of halogens is 2. The molecule has 0 aliphatic carbocycles. The summed E-state index contributed by atoms with van der Waals surface area (Å²) in [4.78, 5) is 28.6. The van der Waals surface area contributed by atoms with Gasteiger partial charge >= 0.3 is 0 Å². The van der Waals surface area contributed by atoms with Crippen LogP contribution in [0.15, 0.2) is 39.7 Å².